The van der Waals surface area contributed by atoms with Crippen LogP contribution in [0.5, 0.6) is 0 Å². The van der Waals surface area contributed by atoms with Crippen molar-refractivity contribution in [3.05, 3.63) is 94.8 Å². The summed E-state index contributed by atoms with van der Waals surface area (Å²) in [5.74, 6) is -0.272. The second kappa shape index (κ2) is 15.4. The van der Waals surface area contributed by atoms with Crippen LogP contribution in [0.2, 0.25) is 0 Å². The zero-order valence-corrected chi connectivity index (χ0v) is 26.2. The molecule has 2 heterocycles. The van der Waals surface area contributed by atoms with Crippen molar-refractivity contribution >= 4 is 63.6 Å². The fourth-order valence-electron chi connectivity index (χ4n) is 4.71. The van der Waals surface area contributed by atoms with Gasteiger partial charge in [-0.05, 0) is 41.8 Å². The van der Waals surface area contributed by atoms with E-state index >= 15 is 0 Å². The standard InChI is InChI=1S/C32H36IN7O3/c1-2-11-40(12-10-33)32(43)25-14-23-8-9-24(15-28(23)39-29(35)16-25)31(42)38-26-13-21(18-36-20-26)19-37-30(41)17-27(34)22-6-4-3-5-7-22/h3-9,13-15,18,20,27H,2,10-12,16-17,19,34H2,1H3,(H2,35,39)(H,37,41)(H,38,42). The van der Waals surface area contributed by atoms with Crippen LogP contribution in [-0.2, 0) is 16.1 Å². The number of aromatic nitrogens is 1. The van der Waals surface area contributed by atoms with E-state index < -0.39 is 6.04 Å². The first kappa shape index (κ1) is 31.8. The van der Waals surface area contributed by atoms with E-state index in [9.17, 15) is 14.4 Å². The lowest BCUT2D eigenvalue weighted by molar-refractivity contribution is -0.127. The Kier molecular flexibility index (Phi) is 11.4. The number of nitrogens with zero attached hydrogens (tertiary/aromatic N) is 3. The molecule has 0 radical (unpaired) electrons. The smallest absolute Gasteiger partial charge is 0.255 e. The first-order valence-electron chi connectivity index (χ1n) is 14.1. The van der Waals surface area contributed by atoms with Crippen molar-refractivity contribution in [3.63, 3.8) is 0 Å². The number of alkyl halides is 1. The number of rotatable bonds is 12. The molecule has 43 heavy (non-hydrogen) atoms. The average molecular weight is 694 g/mol. The summed E-state index contributed by atoms with van der Waals surface area (Å²) in [5, 5.41) is 5.71. The number of hydrogen-bond acceptors (Lipinski definition) is 7. The van der Waals surface area contributed by atoms with E-state index in [1.807, 2.05) is 48.2 Å². The normalized spacial score (nSPS) is 13.1. The minimum Gasteiger partial charge on any atom is -0.387 e. The molecule has 1 aromatic heterocycles. The molecular formula is C32H36IN7O3. The Hall–Kier alpha value is -4.10. The van der Waals surface area contributed by atoms with E-state index in [1.165, 1.54) is 6.20 Å². The van der Waals surface area contributed by atoms with Gasteiger partial charge in [-0.1, -0.05) is 65.9 Å². The number of benzene rings is 2. The van der Waals surface area contributed by atoms with Crippen LogP contribution in [0.4, 0.5) is 11.4 Å². The molecule has 1 atom stereocenters. The van der Waals surface area contributed by atoms with Crippen LogP contribution in [0.15, 0.2) is 77.6 Å². The number of amides is 3. The van der Waals surface area contributed by atoms with Crippen LogP contribution < -0.4 is 22.1 Å². The first-order chi connectivity index (χ1) is 20.8. The van der Waals surface area contributed by atoms with Crippen LogP contribution in [0.3, 0.4) is 0 Å². The van der Waals surface area contributed by atoms with Gasteiger partial charge in [-0.25, -0.2) is 4.99 Å². The Morgan fingerprint density at radius 2 is 1.86 bits per heavy atom. The number of pyridine rings is 1. The van der Waals surface area contributed by atoms with Gasteiger partial charge in [0.15, 0.2) is 0 Å². The van der Waals surface area contributed by atoms with Crippen molar-refractivity contribution < 1.29 is 14.4 Å². The fraction of sp³-hybridized carbons (Fsp3) is 0.281. The van der Waals surface area contributed by atoms with E-state index in [0.717, 1.165) is 27.5 Å². The van der Waals surface area contributed by atoms with Crippen LogP contribution in [0, 0.1) is 0 Å². The highest BCUT2D eigenvalue weighted by Crippen LogP contribution is 2.29. The van der Waals surface area contributed by atoms with Crippen LogP contribution in [0.25, 0.3) is 6.08 Å². The maximum absolute atomic E-state index is 13.2. The van der Waals surface area contributed by atoms with E-state index in [2.05, 4.69) is 43.2 Å². The van der Waals surface area contributed by atoms with Gasteiger partial charge >= 0.3 is 0 Å². The van der Waals surface area contributed by atoms with Crippen molar-refractivity contribution in [3.8, 4) is 0 Å². The quantitative estimate of drug-likeness (QED) is 0.162. The third kappa shape index (κ3) is 8.94. The van der Waals surface area contributed by atoms with Crippen molar-refractivity contribution in [2.75, 3.05) is 22.8 Å². The van der Waals surface area contributed by atoms with E-state index in [-0.39, 0.29) is 37.1 Å². The van der Waals surface area contributed by atoms with Gasteiger partial charge in [0.2, 0.25) is 11.8 Å². The average Bonchev–Trinajstić information content (AvgIpc) is 3.17. The highest BCUT2D eigenvalue weighted by molar-refractivity contribution is 14.1. The number of anilines is 1. The molecule has 2 aromatic carbocycles. The van der Waals surface area contributed by atoms with Crippen molar-refractivity contribution in [1.29, 1.82) is 0 Å². The molecule has 3 amide bonds. The summed E-state index contributed by atoms with van der Waals surface area (Å²) in [6, 6.07) is 15.9. The van der Waals surface area contributed by atoms with Gasteiger partial charge in [0, 0.05) is 65.8 Å². The summed E-state index contributed by atoms with van der Waals surface area (Å²) in [6.45, 7) is 3.62. The molecule has 4 rings (SSSR count). The van der Waals surface area contributed by atoms with Crippen LogP contribution in [-0.4, -0.2) is 51.0 Å². The summed E-state index contributed by atoms with van der Waals surface area (Å²) >= 11 is 2.27. The topological polar surface area (TPSA) is 156 Å². The summed E-state index contributed by atoms with van der Waals surface area (Å²) in [5.41, 5.74) is 16.6. The van der Waals surface area contributed by atoms with Crippen molar-refractivity contribution in [1.82, 2.24) is 15.2 Å². The van der Waals surface area contributed by atoms with Gasteiger partial charge in [-0.2, -0.15) is 0 Å². The lowest BCUT2D eigenvalue weighted by Crippen LogP contribution is -2.35. The monoisotopic (exact) mass is 693 g/mol. The predicted octanol–water partition coefficient (Wildman–Crippen LogP) is 4.49. The predicted molar refractivity (Wildman–Crippen MR) is 178 cm³/mol. The minimum absolute atomic E-state index is 0.0473. The number of nitrogens with one attached hydrogen (secondary N) is 2. The first-order valence-corrected chi connectivity index (χ1v) is 15.6. The van der Waals surface area contributed by atoms with Crippen LogP contribution in [0.1, 0.15) is 59.3 Å². The molecule has 0 bridgehead atoms. The van der Waals surface area contributed by atoms with Gasteiger partial charge in [-0.15, -0.1) is 0 Å². The lowest BCUT2D eigenvalue weighted by atomic mass is 10.0. The molecule has 3 aromatic rings. The number of nitrogens with two attached hydrogens (primary N) is 2. The van der Waals surface area contributed by atoms with E-state index in [1.54, 1.807) is 30.5 Å². The summed E-state index contributed by atoms with van der Waals surface area (Å²) < 4.78 is 0.839. The number of aliphatic imine (C=N–C) groups is 1. The van der Waals surface area contributed by atoms with Gasteiger partial charge < -0.3 is 27.0 Å². The largest absolute Gasteiger partial charge is 0.387 e. The van der Waals surface area contributed by atoms with Gasteiger partial charge in [0.1, 0.15) is 5.84 Å². The number of amidine groups is 1. The third-order valence-electron chi connectivity index (χ3n) is 6.84. The Balaban J connectivity index is 1.40. The molecule has 0 spiro atoms. The Morgan fingerprint density at radius 3 is 2.60 bits per heavy atom. The zero-order chi connectivity index (χ0) is 30.8. The molecule has 6 N–H and O–H groups in total. The lowest BCUT2D eigenvalue weighted by Gasteiger charge is -2.22. The maximum atomic E-state index is 13.2. The second-order valence-electron chi connectivity index (χ2n) is 10.2. The van der Waals surface area contributed by atoms with E-state index in [4.69, 9.17) is 11.5 Å². The number of hydrogen-bond donors (Lipinski definition) is 4. The van der Waals surface area contributed by atoms with Crippen molar-refractivity contribution in [2.24, 2.45) is 16.5 Å². The van der Waals surface area contributed by atoms with Gasteiger partial charge in [-0.3, -0.25) is 19.4 Å². The van der Waals surface area contributed by atoms with Crippen LogP contribution >= 0.6 is 22.6 Å². The van der Waals surface area contributed by atoms with Crippen molar-refractivity contribution in [2.45, 2.75) is 38.8 Å². The Labute approximate surface area is 265 Å². The molecule has 0 saturated heterocycles. The second-order valence-corrected chi connectivity index (χ2v) is 11.3. The minimum atomic E-state index is -0.398. The highest BCUT2D eigenvalue weighted by Gasteiger charge is 2.21. The number of halogens is 1. The SMILES string of the molecule is CCCN(CCI)C(=O)C1=Cc2ccc(C(=O)Nc3cncc(CNC(=O)CC(N)c4ccccc4)c3)cc2N=C(N)C1. The summed E-state index contributed by atoms with van der Waals surface area (Å²) in [7, 11) is 0. The maximum Gasteiger partial charge on any atom is 0.255 e. The van der Waals surface area contributed by atoms with Gasteiger partial charge in [0.25, 0.3) is 5.91 Å². The molecule has 11 heteroatoms. The molecular weight excluding hydrogens is 657 g/mol. The molecule has 1 unspecified atom stereocenters. The highest BCUT2D eigenvalue weighted by atomic mass is 127. The number of fused-ring (bicyclic) bond motifs is 1. The number of carbonyl (C=O) groups is 3. The molecule has 0 aliphatic carbocycles. The molecule has 224 valence electrons. The third-order valence-corrected chi connectivity index (χ3v) is 7.33. The summed E-state index contributed by atoms with van der Waals surface area (Å²) in [6.07, 6.45) is 6.23. The molecule has 0 fully saturated rings. The Bertz CT molecular complexity index is 1520. The molecule has 1 aliphatic rings. The number of carbonyl (C=O) groups excluding carboxylic acids is 3. The Morgan fingerprint density at radius 1 is 1.07 bits per heavy atom. The molecule has 10 nitrogen and oxygen atoms in total. The molecule has 0 saturated carbocycles. The fourth-order valence-corrected chi connectivity index (χ4v) is 5.29. The van der Waals surface area contributed by atoms with Gasteiger partial charge in [0.05, 0.1) is 17.6 Å². The zero-order valence-electron chi connectivity index (χ0n) is 24.1. The summed E-state index contributed by atoms with van der Waals surface area (Å²) in [4.78, 5) is 49.3. The molecule has 1 aliphatic heterocycles. The van der Waals surface area contributed by atoms with E-state index in [0.29, 0.717) is 41.4 Å².